The van der Waals surface area contributed by atoms with Crippen molar-refractivity contribution in [3.8, 4) is 0 Å². The minimum absolute atomic E-state index is 0.00995. The summed E-state index contributed by atoms with van der Waals surface area (Å²) in [7, 11) is -27.2. The summed E-state index contributed by atoms with van der Waals surface area (Å²) in [5.41, 5.74) is 3.23. The Labute approximate surface area is 411 Å². The van der Waals surface area contributed by atoms with E-state index in [2.05, 4.69) is 58.9 Å². The van der Waals surface area contributed by atoms with Gasteiger partial charge in [-0.2, -0.15) is 30.4 Å². The lowest BCUT2D eigenvalue weighted by Gasteiger charge is -2.13. The summed E-state index contributed by atoms with van der Waals surface area (Å²) < 4.78 is 199. The highest BCUT2D eigenvalue weighted by Gasteiger charge is 2.26. The molecular formula is C31H34N8O24S8. The zero-order chi connectivity index (χ0) is 52.8. The Balaban J connectivity index is 1.86. The van der Waals surface area contributed by atoms with Crippen molar-refractivity contribution in [2.45, 2.75) is 24.5 Å². The standard InChI is InChI=1S/C31H34N8O24S8/c1-33-30-26(38-35-23-8-6-21(16-27(23)69(48,49)50)67(44,45)14-11-58-65-63-61-41)18-25(37-34-19-2-4-20(5-3-19)66(42,43)13-10-57-64-62-60-40)29(32)31(30)39-36-24-9-7-22(17-28(24)70(51,52)53)68(46,47)15-12-59-71(54,55)56/h2-9,16-18,33,40-41H,10-15,32H2,1H3,(H,48,49,50)(H,51,52,53)(H,54,55,56). The molecule has 0 saturated heterocycles. The molecule has 8 N–H and O–H groups in total. The van der Waals surface area contributed by atoms with Crippen LogP contribution >= 0.6 is 24.6 Å². The van der Waals surface area contributed by atoms with Crippen molar-refractivity contribution in [1.82, 2.24) is 0 Å². The molecule has 0 aromatic heterocycles. The number of nitrogen functional groups attached to an aromatic ring is 1. The zero-order valence-electron chi connectivity index (χ0n) is 35.1. The molecular weight excluding hydrogens is 1120 g/mol. The molecule has 0 bridgehead atoms. The van der Waals surface area contributed by atoms with Crippen LogP contribution in [0.25, 0.3) is 0 Å². The van der Waals surface area contributed by atoms with Gasteiger partial charge in [-0.05, 0) is 66.7 Å². The van der Waals surface area contributed by atoms with Crippen molar-refractivity contribution in [2.75, 3.05) is 55.2 Å². The third kappa shape index (κ3) is 17.4. The zero-order valence-corrected chi connectivity index (χ0v) is 41.6. The number of nitrogens with one attached hydrogen (secondary N) is 1. The van der Waals surface area contributed by atoms with E-state index in [9.17, 15) is 59.6 Å². The van der Waals surface area contributed by atoms with Crippen molar-refractivity contribution in [3.05, 3.63) is 66.7 Å². The third-order valence-electron chi connectivity index (χ3n) is 8.34. The number of rotatable bonds is 28. The maximum atomic E-state index is 12.9. The van der Waals surface area contributed by atoms with E-state index in [1.807, 2.05) is 0 Å². The van der Waals surface area contributed by atoms with Gasteiger partial charge in [0.25, 0.3) is 20.2 Å². The van der Waals surface area contributed by atoms with Gasteiger partial charge >= 0.3 is 10.4 Å². The van der Waals surface area contributed by atoms with Gasteiger partial charge in [0.05, 0.1) is 68.8 Å². The molecule has 40 heteroatoms. The topological polar surface area (TPSA) is 483 Å². The van der Waals surface area contributed by atoms with Crippen LogP contribution in [0.15, 0.2) is 122 Å². The Hall–Kier alpha value is -4.80. The number of anilines is 2. The minimum Gasteiger partial charge on any atom is -0.395 e. The van der Waals surface area contributed by atoms with Crippen LogP contribution in [-0.4, -0.2) is 119 Å². The number of nitrogens with two attached hydrogens (primary N) is 1. The third-order valence-corrected chi connectivity index (χ3v) is 16.4. The summed E-state index contributed by atoms with van der Waals surface area (Å²) in [6.07, 6.45) is 0. The average Bonchev–Trinajstić information content (AvgIpc) is 3.28. The quantitative estimate of drug-likeness (QED) is 0.00731. The van der Waals surface area contributed by atoms with Crippen molar-refractivity contribution < 1.29 is 106 Å². The molecule has 0 aliphatic heterocycles. The van der Waals surface area contributed by atoms with E-state index in [4.69, 9.17) is 29.2 Å². The SMILES string of the molecule is CNc1c(N=Nc2ccc(S(=O)(=O)CCOSOOO)cc2S(=O)(=O)O)cc(N=Nc2ccc(S(=O)(=O)CCOSOOO)cc2)c(N)c1N=Nc1ccc(S(=O)(=O)CCOS(=O)(=O)O)cc1S(=O)(=O)O. The van der Waals surface area contributed by atoms with Crippen LogP contribution in [-0.2, 0) is 91.4 Å². The first-order valence-corrected chi connectivity index (χ1v) is 28.7. The van der Waals surface area contributed by atoms with Crippen LogP contribution in [0.3, 0.4) is 0 Å². The summed E-state index contributed by atoms with van der Waals surface area (Å²) in [6.45, 7) is -2.04. The highest BCUT2D eigenvalue weighted by molar-refractivity contribution is 7.92. The molecule has 0 spiro atoms. The van der Waals surface area contributed by atoms with Crippen molar-refractivity contribution in [2.24, 2.45) is 30.7 Å². The van der Waals surface area contributed by atoms with Gasteiger partial charge in [-0.15, -0.1) is 34.2 Å². The van der Waals surface area contributed by atoms with Crippen LogP contribution in [0.2, 0.25) is 0 Å². The highest BCUT2D eigenvalue weighted by atomic mass is 32.3. The van der Waals surface area contributed by atoms with Gasteiger partial charge in [0, 0.05) is 7.05 Å². The monoisotopic (exact) mass is 1160 g/mol. The van der Waals surface area contributed by atoms with E-state index < -0.39 is 133 Å². The van der Waals surface area contributed by atoms with Crippen LogP contribution in [0, 0.1) is 0 Å². The van der Waals surface area contributed by atoms with Crippen molar-refractivity contribution in [3.63, 3.8) is 0 Å². The van der Waals surface area contributed by atoms with Crippen LogP contribution in [0.5, 0.6) is 0 Å². The van der Waals surface area contributed by atoms with E-state index in [1.165, 1.54) is 19.2 Å². The number of hydrogen-bond donors (Lipinski definition) is 7. The van der Waals surface area contributed by atoms with Gasteiger partial charge in [0.1, 0.15) is 38.2 Å². The normalized spacial score (nSPS) is 13.2. The maximum absolute atomic E-state index is 12.9. The first kappa shape index (κ1) is 58.8. The molecule has 0 fully saturated rings. The van der Waals surface area contributed by atoms with Gasteiger partial charge in [-0.3, -0.25) is 22.0 Å². The average molecular weight is 1160 g/mol. The van der Waals surface area contributed by atoms with E-state index >= 15 is 0 Å². The molecule has 71 heavy (non-hydrogen) atoms. The lowest BCUT2D eigenvalue weighted by molar-refractivity contribution is -0.434. The largest absolute Gasteiger partial charge is 0.397 e. The number of benzene rings is 4. The van der Waals surface area contributed by atoms with Crippen molar-refractivity contribution >= 4 is 130 Å². The summed E-state index contributed by atoms with van der Waals surface area (Å²) in [5.74, 6) is -2.40. The summed E-state index contributed by atoms with van der Waals surface area (Å²) in [4.78, 5) is -3.82. The van der Waals surface area contributed by atoms with Gasteiger partial charge in [-0.25, -0.2) is 40.0 Å². The number of nitrogens with zero attached hydrogens (tertiary/aromatic N) is 6. The van der Waals surface area contributed by atoms with E-state index in [0.717, 1.165) is 42.5 Å². The van der Waals surface area contributed by atoms with E-state index in [1.54, 1.807) is 0 Å². The predicted molar refractivity (Wildman–Crippen MR) is 242 cm³/mol. The molecule has 0 aliphatic rings. The lowest BCUT2D eigenvalue weighted by atomic mass is 10.1. The summed E-state index contributed by atoms with van der Waals surface area (Å²) in [6, 6.07) is 10.2. The van der Waals surface area contributed by atoms with Crippen LogP contribution in [0.4, 0.5) is 45.5 Å². The van der Waals surface area contributed by atoms with E-state index in [0.29, 0.717) is 12.1 Å². The Bertz CT molecular complexity index is 3350. The molecule has 0 unspecified atom stereocenters. The number of azo groups is 3. The van der Waals surface area contributed by atoms with Crippen LogP contribution in [0.1, 0.15) is 0 Å². The smallest absolute Gasteiger partial charge is 0.395 e. The second kappa shape index (κ2) is 25.2. The van der Waals surface area contributed by atoms with Gasteiger partial charge in [0.15, 0.2) is 54.2 Å². The second-order valence-corrected chi connectivity index (χ2v) is 24.1. The van der Waals surface area contributed by atoms with E-state index in [-0.39, 0.29) is 58.9 Å². The van der Waals surface area contributed by atoms with Gasteiger partial charge < -0.3 is 11.1 Å². The number of hydrogen-bond acceptors (Lipinski definition) is 31. The minimum atomic E-state index is -5.34. The van der Waals surface area contributed by atoms with Gasteiger partial charge in [0.2, 0.25) is 0 Å². The Morgan fingerprint density at radius 3 is 1.41 bits per heavy atom. The number of sulfone groups is 3. The molecule has 0 atom stereocenters. The predicted octanol–water partition coefficient (Wildman–Crippen LogP) is 5.19. The lowest BCUT2D eigenvalue weighted by Crippen LogP contribution is -2.16. The fourth-order valence-corrected chi connectivity index (χ4v) is 11.0. The molecule has 4 rings (SSSR count). The molecule has 0 saturated carbocycles. The molecule has 0 radical (unpaired) electrons. The Morgan fingerprint density at radius 1 is 0.535 bits per heavy atom. The van der Waals surface area contributed by atoms with Gasteiger partial charge in [-0.1, -0.05) is 10.1 Å². The fourth-order valence-electron chi connectivity index (χ4n) is 5.19. The first-order chi connectivity index (χ1) is 33.1. The molecule has 32 nitrogen and oxygen atoms in total. The molecule has 0 heterocycles. The molecule has 4 aromatic carbocycles. The van der Waals surface area contributed by atoms with Crippen molar-refractivity contribution in [1.29, 1.82) is 0 Å². The summed E-state index contributed by atoms with van der Waals surface area (Å²) in [5, 5.41) is 49.4. The molecule has 0 amide bonds. The molecule has 4 aromatic rings. The summed E-state index contributed by atoms with van der Waals surface area (Å²) >= 11 is 0.238. The fraction of sp³-hybridized carbons (Fsp3) is 0.226. The Morgan fingerprint density at radius 2 is 0.958 bits per heavy atom. The maximum Gasteiger partial charge on any atom is 0.397 e. The Kier molecular flexibility index (Phi) is 20.9. The molecule has 390 valence electrons. The highest BCUT2D eigenvalue weighted by Crippen LogP contribution is 2.47. The van der Waals surface area contributed by atoms with Crippen LogP contribution < -0.4 is 11.1 Å². The second-order valence-electron chi connectivity index (χ2n) is 12.9. The first-order valence-electron chi connectivity index (χ1n) is 18.2. The molecule has 0 aliphatic carbocycles.